The van der Waals surface area contributed by atoms with Gasteiger partial charge in [0.15, 0.2) is 5.78 Å². The van der Waals surface area contributed by atoms with Crippen LogP contribution in [0.1, 0.15) is 38.8 Å². The lowest BCUT2D eigenvalue weighted by molar-refractivity contribution is -0.111. The Hall–Kier alpha value is -2.43. The molecule has 0 amide bonds. The summed E-state index contributed by atoms with van der Waals surface area (Å²) in [6, 6.07) is 1.40. The Morgan fingerprint density at radius 3 is 2.39 bits per heavy atom. The van der Waals surface area contributed by atoms with Gasteiger partial charge in [0.1, 0.15) is 11.5 Å². The van der Waals surface area contributed by atoms with Crippen LogP contribution in [0.5, 0.6) is 5.75 Å². The molecule has 0 bridgehead atoms. The molecule has 5 heteroatoms. The number of carbonyl (C=O) groups is 3. The van der Waals surface area contributed by atoms with Crippen LogP contribution >= 0.6 is 0 Å². The summed E-state index contributed by atoms with van der Waals surface area (Å²) in [5, 5.41) is 19.6. The first-order chi connectivity index (χ1) is 8.34. The Morgan fingerprint density at radius 1 is 1.22 bits per heavy atom. The van der Waals surface area contributed by atoms with Crippen LogP contribution in [-0.2, 0) is 4.79 Å². The van der Waals surface area contributed by atoms with Crippen LogP contribution in [-0.4, -0.2) is 27.6 Å². The van der Waals surface area contributed by atoms with Crippen LogP contribution in [0.25, 0.3) is 5.76 Å². The highest BCUT2D eigenvalue weighted by Crippen LogP contribution is 2.35. The molecule has 1 aliphatic rings. The van der Waals surface area contributed by atoms with Crippen LogP contribution in [0.15, 0.2) is 12.1 Å². The predicted molar refractivity (Wildman–Crippen MR) is 62.8 cm³/mol. The first kappa shape index (κ1) is 12.0. The quantitative estimate of drug-likeness (QED) is 0.579. The molecule has 0 atom stereocenters. The van der Waals surface area contributed by atoms with E-state index in [-0.39, 0.29) is 22.4 Å². The molecule has 0 spiro atoms. The Balaban J connectivity index is 2.88. The van der Waals surface area contributed by atoms with Gasteiger partial charge in [0.05, 0.1) is 11.1 Å². The summed E-state index contributed by atoms with van der Waals surface area (Å²) in [7, 11) is 0. The van der Waals surface area contributed by atoms with Crippen molar-refractivity contribution in [1.29, 1.82) is 0 Å². The molecule has 1 aliphatic carbocycles. The van der Waals surface area contributed by atoms with Gasteiger partial charge in [0.2, 0.25) is 11.6 Å². The largest absolute Gasteiger partial charge is 0.507 e. The molecule has 0 aliphatic heterocycles. The number of aliphatic hydroxyl groups is 1. The third-order valence-corrected chi connectivity index (χ3v) is 2.84. The third kappa shape index (κ3) is 1.52. The number of phenols is 1. The van der Waals surface area contributed by atoms with Gasteiger partial charge in [-0.05, 0) is 25.5 Å². The lowest BCUT2D eigenvalue weighted by Crippen LogP contribution is -2.20. The molecule has 0 aromatic heterocycles. The summed E-state index contributed by atoms with van der Waals surface area (Å²) in [5.41, 5.74) is 0.181. The molecule has 2 rings (SSSR count). The van der Waals surface area contributed by atoms with E-state index in [2.05, 4.69) is 0 Å². The van der Waals surface area contributed by atoms with E-state index in [1.165, 1.54) is 13.0 Å². The summed E-state index contributed by atoms with van der Waals surface area (Å²) >= 11 is 0. The maximum atomic E-state index is 11.7. The minimum Gasteiger partial charge on any atom is -0.507 e. The molecule has 1 aromatic rings. The minimum atomic E-state index is -0.928. The number of Topliss-reactive ketones (excluding diaryl/α,β-unsaturated/α-hetero) is 2. The number of carbonyl (C=O) groups excluding carboxylic acids is 3. The highest BCUT2D eigenvalue weighted by molar-refractivity contribution is 6.51. The van der Waals surface area contributed by atoms with E-state index in [9.17, 15) is 24.6 Å². The van der Waals surface area contributed by atoms with Crippen molar-refractivity contribution < 1.29 is 24.6 Å². The highest BCUT2D eigenvalue weighted by Gasteiger charge is 2.31. The van der Waals surface area contributed by atoms with Gasteiger partial charge in [-0.15, -0.1) is 0 Å². The van der Waals surface area contributed by atoms with E-state index in [0.29, 0.717) is 5.56 Å². The fourth-order valence-corrected chi connectivity index (χ4v) is 2.07. The molecule has 0 radical (unpaired) electrons. The summed E-state index contributed by atoms with van der Waals surface area (Å²) in [5.74, 6) is -3.20. The number of allylic oxidation sites excluding steroid dienone is 1. The molecular formula is C13H10O5. The van der Waals surface area contributed by atoms with Crippen LogP contribution in [0.2, 0.25) is 0 Å². The van der Waals surface area contributed by atoms with Crippen LogP contribution in [0.3, 0.4) is 0 Å². The summed E-state index contributed by atoms with van der Waals surface area (Å²) < 4.78 is 0. The third-order valence-electron chi connectivity index (χ3n) is 2.84. The normalized spacial score (nSPS) is 14.2. The molecule has 1 aromatic carbocycles. The van der Waals surface area contributed by atoms with E-state index < -0.39 is 23.1 Å². The minimum absolute atomic E-state index is 0.00963. The first-order valence-electron chi connectivity index (χ1n) is 5.21. The van der Waals surface area contributed by atoms with Gasteiger partial charge in [-0.1, -0.05) is 0 Å². The van der Waals surface area contributed by atoms with E-state index in [1.54, 1.807) is 6.92 Å². The van der Waals surface area contributed by atoms with Crippen LogP contribution < -0.4 is 0 Å². The topological polar surface area (TPSA) is 91.7 Å². The van der Waals surface area contributed by atoms with Crippen molar-refractivity contribution in [3.8, 4) is 5.75 Å². The monoisotopic (exact) mass is 246 g/mol. The van der Waals surface area contributed by atoms with E-state index in [1.807, 2.05) is 0 Å². The van der Waals surface area contributed by atoms with Gasteiger partial charge in [-0.3, -0.25) is 14.4 Å². The fraction of sp³-hybridized carbons (Fsp3) is 0.154. The van der Waals surface area contributed by atoms with Crippen molar-refractivity contribution in [3.63, 3.8) is 0 Å². The lowest BCUT2D eigenvalue weighted by atomic mass is 9.88. The van der Waals surface area contributed by atoms with E-state index >= 15 is 0 Å². The second-order valence-corrected chi connectivity index (χ2v) is 4.12. The van der Waals surface area contributed by atoms with E-state index in [4.69, 9.17) is 0 Å². The zero-order valence-corrected chi connectivity index (χ0v) is 9.77. The second kappa shape index (κ2) is 3.80. The van der Waals surface area contributed by atoms with Crippen molar-refractivity contribution in [2.75, 3.05) is 0 Å². The number of benzene rings is 1. The molecule has 92 valence electrons. The Bertz CT molecular complexity index is 637. The van der Waals surface area contributed by atoms with Crippen LogP contribution in [0.4, 0.5) is 0 Å². The number of hydrogen-bond acceptors (Lipinski definition) is 5. The van der Waals surface area contributed by atoms with Gasteiger partial charge in [-0.2, -0.15) is 0 Å². The number of ketones is 3. The Morgan fingerprint density at radius 2 is 1.83 bits per heavy atom. The molecule has 2 N–H and O–H groups in total. The van der Waals surface area contributed by atoms with Crippen LogP contribution in [0, 0.1) is 6.92 Å². The number of rotatable bonds is 1. The summed E-state index contributed by atoms with van der Waals surface area (Å²) in [6.07, 6.45) is 0.803. The summed E-state index contributed by atoms with van der Waals surface area (Å²) in [6.45, 7) is 2.82. The molecule has 0 fully saturated rings. The molecular weight excluding hydrogens is 236 g/mol. The first-order valence-corrected chi connectivity index (χ1v) is 5.21. The predicted octanol–water partition coefficient (Wildman–Crippen LogP) is 1.57. The molecule has 18 heavy (non-hydrogen) atoms. The molecule has 0 unspecified atom stereocenters. The number of hydrogen-bond donors (Lipinski definition) is 2. The molecule has 5 nitrogen and oxygen atoms in total. The van der Waals surface area contributed by atoms with Crippen molar-refractivity contribution in [2.24, 2.45) is 0 Å². The maximum absolute atomic E-state index is 11.7. The van der Waals surface area contributed by atoms with Gasteiger partial charge >= 0.3 is 0 Å². The van der Waals surface area contributed by atoms with Crippen molar-refractivity contribution >= 4 is 23.1 Å². The number of fused-ring (bicyclic) bond motifs is 1. The fourth-order valence-electron chi connectivity index (χ4n) is 2.07. The average Bonchev–Trinajstić information content (AvgIpc) is 2.25. The zero-order valence-electron chi connectivity index (χ0n) is 9.77. The Labute approximate surface area is 102 Å². The smallest absolute Gasteiger partial charge is 0.237 e. The standard InChI is InChI=1S/C13H10O5/c1-5-3-7-8(15)4-9(16)12(17)11(7)13(18)10(5)6(2)14/h3-4,15,18H,1-2H3. The van der Waals surface area contributed by atoms with Gasteiger partial charge in [0, 0.05) is 11.6 Å². The highest BCUT2D eigenvalue weighted by atomic mass is 16.3. The molecule has 0 saturated heterocycles. The second-order valence-electron chi connectivity index (χ2n) is 4.12. The summed E-state index contributed by atoms with van der Waals surface area (Å²) in [4.78, 5) is 34.4. The van der Waals surface area contributed by atoms with Crippen molar-refractivity contribution in [1.82, 2.24) is 0 Å². The zero-order chi connectivity index (χ0) is 13.6. The van der Waals surface area contributed by atoms with Crippen molar-refractivity contribution in [2.45, 2.75) is 13.8 Å². The number of aryl methyl sites for hydroxylation is 1. The average molecular weight is 246 g/mol. The number of aromatic hydroxyl groups is 1. The molecule has 0 saturated carbocycles. The van der Waals surface area contributed by atoms with Crippen molar-refractivity contribution in [3.05, 3.63) is 34.4 Å². The molecule has 0 heterocycles. The maximum Gasteiger partial charge on any atom is 0.237 e. The van der Waals surface area contributed by atoms with Gasteiger partial charge in [-0.25, -0.2) is 0 Å². The Kier molecular flexibility index (Phi) is 2.54. The van der Waals surface area contributed by atoms with E-state index in [0.717, 1.165) is 6.08 Å². The number of aliphatic hydroxyl groups excluding tert-OH is 1. The number of phenolic OH excluding ortho intramolecular Hbond substituents is 1. The van der Waals surface area contributed by atoms with Gasteiger partial charge in [0.25, 0.3) is 0 Å². The van der Waals surface area contributed by atoms with Gasteiger partial charge < -0.3 is 10.2 Å². The lowest BCUT2D eigenvalue weighted by Gasteiger charge is -2.17. The SMILES string of the molecule is CC(=O)c1c(C)cc2c(c1O)C(=O)C(=O)C=C2O.